The van der Waals surface area contributed by atoms with Crippen molar-refractivity contribution in [2.24, 2.45) is 0 Å². The molecule has 0 radical (unpaired) electrons. The average Bonchev–Trinajstić information content (AvgIpc) is 2.61. The molecule has 0 atom stereocenters. The fourth-order valence-electron chi connectivity index (χ4n) is 0.993. The normalized spacial score (nSPS) is 10.0. The SMILES string of the molecule is CCCCn1nncc1C(=O)OC. The molecule has 0 N–H and O–H groups in total. The van der Waals surface area contributed by atoms with Crippen molar-refractivity contribution in [2.45, 2.75) is 26.3 Å². The summed E-state index contributed by atoms with van der Waals surface area (Å²) in [5.74, 6) is -0.388. The molecule has 0 unspecified atom stereocenters. The maximum atomic E-state index is 11.1. The summed E-state index contributed by atoms with van der Waals surface area (Å²) in [6.45, 7) is 2.79. The maximum absolute atomic E-state index is 11.1. The van der Waals surface area contributed by atoms with Gasteiger partial charge < -0.3 is 4.74 Å². The first-order valence-corrected chi connectivity index (χ1v) is 4.26. The van der Waals surface area contributed by atoms with Crippen LogP contribution in [-0.2, 0) is 11.3 Å². The van der Waals surface area contributed by atoms with E-state index in [9.17, 15) is 4.79 Å². The number of nitrogens with zero attached hydrogens (tertiary/aromatic N) is 3. The second-order valence-corrected chi connectivity index (χ2v) is 2.69. The van der Waals surface area contributed by atoms with E-state index in [1.54, 1.807) is 4.68 Å². The van der Waals surface area contributed by atoms with Crippen LogP contribution in [0.4, 0.5) is 0 Å². The number of carbonyl (C=O) groups is 1. The third-order valence-corrected chi connectivity index (χ3v) is 1.74. The monoisotopic (exact) mass is 183 g/mol. The molecule has 0 spiro atoms. The molecule has 0 amide bonds. The molecular formula is C8H13N3O2. The van der Waals surface area contributed by atoms with Gasteiger partial charge in [-0.3, -0.25) is 0 Å². The van der Waals surface area contributed by atoms with Gasteiger partial charge in [0, 0.05) is 6.54 Å². The molecule has 0 aliphatic carbocycles. The first-order chi connectivity index (χ1) is 6.29. The van der Waals surface area contributed by atoms with Crippen molar-refractivity contribution in [1.82, 2.24) is 15.0 Å². The van der Waals surface area contributed by atoms with Crippen molar-refractivity contribution in [3.63, 3.8) is 0 Å². The number of unbranched alkanes of at least 4 members (excludes halogenated alkanes) is 1. The zero-order chi connectivity index (χ0) is 9.68. The van der Waals surface area contributed by atoms with E-state index in [0.29, 0.717) is 12.2 Å². The van der Waals surface area contributed by atoms with Gasteiger partial charge >= 0.3 is 5.97 Å². The number of methoxy groups -OCH3 is 1. The molecule has 1 aromatic heterocycles. The van der Waals surface area contributed by atoms with Crippen molar-refractivity contribution in [2.75, 3.05) is 7.11 Å². The minimum Gasteiger partial charge on any atom is -0.464 e. The van der Waals surface area contributed by atoms with E-state index in [1.165, 1.54) is 13.3 Å². The standard InChI is InChI=1S/C8H13N3O2/c1-3-4-5-11-7(6-9-10-11)8(12)13-2/h6H,3-5H2,1-2H3. The molecule has 0 aliphatic heterocycles. The largest absolute Gasteiger partial charge is 0.464 e. The van der Waals surface area contributed by atoms with Crippen molar-refractivity contribution in [1.29, 1.82) is 0 Å². The van der Waals surface area contributed by atoms with E-state index in [1.807, 2.05) is 0 Å². The van der Waals surface area contributed by atoms with Gasteiger partial charge in [0.1, 0.15) is 0 Å². The Morgan fingerprint density at radius 1 is 1.69 bits per heavy atom. The molecule has 5 nitrogen and oxygen atoms in total. The van der Waals surface area contributed by atoms with Crippen molar-refractivity contribution >= 4 is 5.97 Å². The maximum Gasteiger partial charge on any atom is 0.358 e. The lowest BCUT2D eigenvalue weighted by Crippen LogP contribution is -2.11. The second kappa shape index (κ2) is 4.59. The molecule has 1 heterocycles. The second-order valence-electron chi connectivity index (χ2n) is 2.69. The first-order valence-electron chi connectivity index (χ1n) is 4.26. The van der Waals surface area contributed by atoms with Crippen LogP contribution in [0.25, 0.3) is 0 Å². The van der Waals surface area contributed by atoms with Crippen molar-refractivity contribution in [3.05, 3.63) is 11.9 Å². The highest BCUT2D eigenvalue weighted by Gasteiger charge is 2.12. The molecule has 0 aliphatic rings. The van der Waals surface area contributed by atoms with E-state index in [4.69, 9.17) is 0 Å². The molecular weight excluding hydrogens is 170 g/mol. The summed E-state index contributed by atoms with van der Waals surface area (Å²) in [6.07, 6.45) is 3.45. The number of hydrogen-bond acceptors (Lipinski definition) is 4. The molecule has 0 fully saturated rings. The minimum atomic E-state index is -0.388. The topological polar surface area (TPSA) is 57.0 Å². The predicted molar refractivity (Wildman–Crippen MR) is 46.3 cm³/mol. The Morgan fingerprint density at radius 2 is 2.46 bits per heavy atom. The summed E-state index contributed by atoms with van der Waals surface area (Å²) < 4.78 is 6.14. The Morgan fingerprint density at radius 3 is 3.08 bits per heavy atom. The van der Waals surface area contributed by atoms with Crippen molar-refractivity contribution in [3.8, 4) is 0 Å². The third kappa shape index (κ3) is 2.27. The Labute approximate surface area is 76.7 Å². The number of esters is 1. The van der Waals surface area contributed by atoms with Gasteiger partial charge in [-0.25, -0.2) is 9.48 Å². The molecule has 13 heavy (non-hydrogen) atoms. The van der Waals surface area contributed by atoms with Gasteiger partial charge in [-0.1, -0.05) is 18.6 Å². The summed E-state index contributed by atoms with van der Waals surface area (Å²) >= 11 is 0. The van der Waals surface area contributed by atoms with Crippen LogP contribution in [0.1, 0.15) is 30.3 Å². The first kappa shape index (κ1) is 9.70. The lowest BCUT2D eigenvalue weighted by Gasteiger charge is -2.02. The third-order valence-electron chi connectivity index (χ3n) is 1.74. The van der Waals surface area contributed by atoms with E-state index < -0.39 is 0 Å². The summed E-state index contributed by atoms with van der Waals surface area (Å²) in [4.78, 5) is 11.1. The summed E-state index contributed by atoms with van der Waals surface area (Å²) in [6, 6.07) is 0. The highest BCUT2D eigenvalue weighted by molar-refractivity contribution is 5.86. The van der Waals surface area contributed by atoms with Crippen LogP contribution in [0, 0.1) is 0 Å². The quantitative estimate of drug-likeness (QED) is 0.650. The van der Waals surface area contributed by atoms with Gasteiger partial charge in [-0.2, -0.15) is 0 Å². The Balaban J connectivity index is 2.71. The van der Waals surface area contributed by atoms with Crippen LogP contribution < -0.4 is 0 Å². The number of aromatic nitrogens is 3. The van der Waals surface area contributed by atoms with Crippen LogP contribution in [-0.4, -0.2) is 28.1 Å². The molecule has 5 heteroatoms. The number of hydrogen-bond donors (Lipinski definition) is 0. The van der Waals surface area contributed by atoms with Crippen LogP contribution in [0.5, 0.6) is 0 Å². The van der Waals surface area contributed by atoms with Crippen LogP contribution in [0.2, 0.25) is 0 Å². The smallest absolute Gasteiger partial charge is 0.358 e. The van der Waals surface area contributed by atoms with Gasteiger partial charge in [-0.15, -0.1) is 5.10 Å². The van der Waals surface area contributed by atoms with Gasteiger partial charge in [0.05, 0.1) is 13.3 Å². The van der Waals surface area contributed by atoms with E-state index in [0.717, 1.165) is 12.8 Å². The number of aryl methyl sites for hydroxylation is 1. The number of carbonyl (C=O) groups excluding carboxylic acids is 1. The van der Waals surface area contributed by atoms with Crippen LogP contribution in [0.3, 0.4) is 0 Å². The van der Waals surface area contributed by atoms with Gasteiger partial charge in [0.15, 0.2) is 5.69 Å². The number of rotatable bonds is 4. The molecule has 0 bridgehead atoms. The van der Waals surface area contributed by atoms with Crippen LogP contribution in [0.15, 0.2) is 6.20 Å². The Hall–Kier alpha value is -1.39. The predicted octanol–water partition coefficient (Wildman–Crippen LogP) is 0.865. The van der Waals surface area contributed by atoms with E-state index >= 15 is 0 Å². The van der Waals surface area contributed by atoms with Crippen molar-refractivity contribution < 1.29 is 9.53 Å². The molecule has 0 saturated carbocycles. The van der Waals surface area contributed by atoms with E-state index in [-0.39, 0.29) is 5.97 Å². The molecule has 0 saturated heterocycles. The highest BCUT2D eigenvalue weighted by Crippen LogP contribution is 2.01. The zero-order valence-corrected chi connectivity index (χ0v) is 7.86. The Kier molecular flexibility index (Phi) is 3.42. The summed E-state index contributed by atoms with van der Waals surface area (Å²) in [7, 11) is 1.35. The lowest BCUT2D eigenvalue weighted by molar-refractivity contribution is 0.0586. The fraction of sp³-hybridized carbons (Fsp3) is 0.625. The minimum absolute atomic E-state index is 0.388. The van der Waals surface area contributed by atoms with E-state index in [2.05, 4.69) is 22.0 Å². The van der Waals surface area contributed by atoms with Gasteiger partial charge in [-0.05, 0) is 6.42 Å². The van der Waals surface area contributed by atoms with Gasteiger partial charge in [0.25, 0.3) is 0 Å². The summed E-state index contributed by atoms with van der Waals surface area (Å²) in [5, 5.41) is 7.44. The number of ether oxygens (including phenoxy) is 1. The molecule has 1 aromatic rings. The molecule has 0 aromatic carbocycles. The summed E-state index contributed by atoms with van der Waals surface area (Å²) in [5.41, 5.74) is 0.413. The molecule has 72 valence electrons. The molecule has 1 rings (SSSR count). The zero-order valence-electron chi connectivity index (χ0n) is 7.86. The Bertz CT molecular complexity index is 283. The average molecular weight is 183 g/mol. The highest BCUT2D eigenvalue weighted by atomic mass is 16.5. The van der Waals surface area contributed by atoms with Crippen LogP contribution >= 0.6 is 0 Å². The fourth-order valence-corrected chi connectivity index (χ4v) is 0.993. The van der Waals surface area contributed by atoms with Gasteiger partial charge in [0.2, 0.25) is 0 Å². The lowest BCUT2D eigenvalue weighted by atomic mass is 10.3.